The molecule has 0 atom stereocenters. The number of imidazole rings is 1. The van der Waals surface area contributed by atoms with E-state index in [9.17, 15) is 0 Å². The number of aromatic nitrogens is 2. The van der Waals surface area contributed by atoms with E-state index in [-0.39, 0.29) is 0 Å². The summed E-state index contributed by atoms with van der Waals surface area (Å²) < 4.78 is 0. The molecule has 0 radical (unpaired) electrons. The Morgan fingerprint density at radius 3 is 2.79 bits per heavy atom. The molecule has 0 amide bonds. The van der Waals surface area contributed by atoms with Gasteiger partial charge in [0.05, 0.1) is 30.2 Å². The van der Waals surface area contributed by atoms with Crippen LogP contribution in [0, 0.1) is 11.3 Å². The summed E-state index contributed by atoms with van der Waals surface area (Å²) in [5.41, 5.74) is 2.78. The number of nitriles is 1. The lowest BCUT2D eigenvalue weighted by molar-refractivity contribution is 1.16. The summed E-state index contributed by atoms with van der Waals surface area (Å²) in [5, 5.41) is 8.61. The monoisotopic (exact) mass is 183 g/mol. The Kier molecular flexibility index (Phi) is 2.28. The van der Waals surface area contributed by atoms with Crippen LogP contribution in [0.3, 0.4) is 0 Å². The molecule has 0 aliphatic rings. The maximum atomic E-state index is 8.61. The van der Waals surface area contributed by atoms with E-state index in [1.165, 1.54) is 0 Å². The Labute approximate surface area is 82.0 Å². The quantitative estimate of drug-likeness (QED) is 0.775. The molecule has 0 saturated carbocycles. The summed E-state index contributed by atoms with van der Waals surface area (Å²) in [6.45, 7) is 0. The minimum atomic E-state index is 0.365. The predicted octanol–water partition coefficient (Wildman–Crippen LogP) is 2.14. The van der Waals surface area contributed by atoms with Crippen molar-refractivity contribution in [3.8, 4) is 17.3 Å². The van der Waals surface area contributed by atoms with Crippen molar-refractivity contribution >= 4 is 0 Å². The van der Waals surface area contributed by atoms with Crippen molar-refractivity contribution in [1.82, 2.24) is 9.97 Å². The van der Waals surface area contributed by atoms with Gasteiger partial charge in [0.1, 0.15) is 0 Å². The molecule has 0 aliphatic carbocycles. The number of nitrogens with zero attached hydrogens (tertiary/aromatic N) is 2. The van der Waals surface area contributed by atoms with Crippen LogP contribution in [0.5, 0.6) is 0 Å². The molecule has 0 fully saturated rings. The van der Waals surface area contributed by atoms with E-state index in [1.54, 1.807) is 6.33 Å². The van der Waals surface area contributed by atoms with Crippen LogP contribution in [0.25, 0.3) is 11.3 Å². The zero-order valence-corrected chi connectivity index (χ0v) is 7.57. The normalized spacial score (nSPS) is 9.64. The summed E-state index contributed by atoms with van der Waals surface area (Å²) in [6.07, 6.45) is 1.99. The number of hydrogen-bond acceptors (Lipinski definition) is 2. The molecule has 0 unspecified atom stereocenters. The molecule has 0 aliphatic heterocycles. The van der Waals surface area contributed by atoms with Crippen molar-refractivity contribution < 1.29 is 0 Å². The lowest BCUT2D eigenvalue weighted by atomic mass is 10.1. The fourth-order valence-electron chi connectivity index (χ4n) is 1.38. The van der Waals surface area contributed by atoms with Crippen molar-refractivity contribution in [2.45, 2.75) is 6.42 Å². The van der Waals surface area contributed by atoms with Crippen LogP contribution in [0.4, 0.5) is 0 Å². The minimum absolute atomic E-state index is 0.365. The standard InChI is InChI=1S/C11H9N3/c12-7-6-10-11(14-8-13-10)9-4-2-1-3-5-9/h1-5,8H,6H2,(H,13,14). The van der Waals surface area contributed by atoms with Crippen molar-refractivity contribution in [2.75, 3.05) is 0 Å². The van der Waals surface area contributed by atoms with Gasteiger partial charge in [0.2, 0.25) is 0 Å². The van der Waals surface area contributed by atoms with E-state index in [1.807, 2.05) is 30.3 Å². The first kappa shape index (κ1) is 8.52. The van der Waals surface area contributed by atoms with Crippen LogP contribution in [0.1, 0.15) is 5.69 Å². The Morgan fingerprint density at radius 1 is 1.29 bits per heavy atom. The lowest BCUT2D eigenvalue weighted by Crippen LogP contribution is -1.86. The van der Waals surface area contributed by atoms with Gasteiger partial charge in [-0.05, 0) is 0 Å². The summed E-state index contributed by atoms with van der Waals surface area (Å²) in [6, 6.07) is 12.0. The Hall–Kier alpha value is -2.08. The van der Waals surface area contributed by atoms with E-state index in [0.717, 1.165) is 17.0 Å². The highest BCUT2D eigenvalue weighted by atomic mass is 14.9. The fraction of sp³-hybridized carbons (Fsp3) is 0.0909. The van der Waals surface area contributed by atoms with Gasteiger partial charge in [0, 0.05) is 5.56 Å². The summed E-state index contributed by atoms with van der Waals surface area (Å²) in [5.74, 6) is 0. The molecule has 1 heterocycles. The number of nitrogens with one attached hydrogen (secondary N) is 1. The van der Waals surface area contributed by atoms with E-state index in [0.29, 0.717) is 6.42 Å². The fourth-order valence-corrected chi connectivity index (χ4v) is 1.38. The van der Waals surface area contributed by atoms with Crippen LogP contribution >= 0.6 is 0 Å². The van der Waals surface area contributed by atoms with E-state index in [2.05, 4.69) is 16.0 Å². The number of hydrogen-bond donors (Lipinski definition) is 1. The molecule has 2 aromatic rings. The number of benzene rings is 1. The molecule has 0 bridgehead atoms. The molecule has 0 spiro atoms. The third-order valence-electron chi connectivity index (χ3n) is 2.02. The lowest BCUT2D eigenvalue weighted by Gasteiger charge is -1.97. The van der Waals surface area contributed by atoms with Crippen molar-refractivity contribution in [3.63, 3.8) is 0 Å². The average molecular weight is 183 g/mol. The molecule has 1 aromatic carbocycles. The average Bonchev–Trinajstić information content (AvgIpc) is 2.68. The SMILES string of the molecule is N#CCc1[nH]cnc1-c1ccccc1. The number of H-pyrrole nitrogens is 1. The van der Waals surface area contributed by atoms with E-state index in [4.69, 9.17) is 5.26 Å². The smallest absolute Gasteiger partial charge is 0.0929 e. The van der Waals surface area contributed by atoms with Gasteiger partial charge in [-0.15, -0.1) is 0 Å². The molecule has 3 nitrogen and oxygen atoms in total. The van der Waals surface area contributed by atoms with Gasteiger partial charge >= 0.3 is 0 Å². The Morgan fingerprint density at radius 2 is 2.07 bits per heavy atom. The topological polar surface area (TPSA) is 52.5 Å². The molecule has 3 heteroatoms. The largest absolute Gasteiger partial charge is 0.347 e. The van der Waals surface area contributed by atoms with Gasteiger partial charge in [0.15, 0.2) is 0 Å². The molecular weight excluding hydrogens is 174 g/mol. The number of aromatic amines is 1. The molecular formula is C11H9N3. The minimum Gasteiger partial charge on any atom is -0.347 e. The highest BCUT2D eigenvalue weighted by molar-refractivity contribution is 5.61. The second-order valence-electron chi connectivity index (χ2n) is 2.93. The van der Waals surface area contributed by atoms with Crippen LogP contribution < -0.4 is 0 Å². The Balaban J connectivity index is 2.43. The van der Waals surface area contributed by atoms with Crippen LogP contribution in [0.2, 0.25) is 0 Å². The van der Waals surface area contributed by atoms with Gasteiger partial charge in [-0.1, -0.05) is 30.3 Å². The highest BCUT2D eigenvalue weighted by Gasteiger charge is 2.06. The van der Waals surface area contributed by atoms with Crippen molar-refractivity contribution in [2.24, 2.45) is 0 Å². The maximum absolute atomic E-state index is 8.61. The third-order valence-corrected chi connectivity index (χ3v) is 2.02. The van der Waals surface area contributed by atoms with Crippen LogP contribution in [-0.2, 0) is 6.42 Å². The van der Waals surface area contributed by atoms with Gasteiger partial charge < -0.3 is 4.98 Å². The van der Waals surface area contributed by atoms with Crippen molar-refractivity contribution in [1.29, 1.82) is 5.26 Å². The number of rotatable bonds is 2. The van der Waals surface area contributed by atoms with E-state index >= 15 is 0 Å². The van der Waals surface area contributed by atoms with Crippen molar-refractivity contribution in [3.05, 3.63) is 42.4 Å². The van der Waals surface area contributed by atoms with Crippen LogP contribution in [0.15, 0.2) is 36.7 Å². The summed E-state index contributed by atoms with van der Waals surface area (Å²) >= 11 is 0. The van der Waals surface area contributed by atoms with Gasteiger partial charge in [-0.2, -0.15) is 5.26 Å². The summed E-state index contributed by atoms with van der Waals surface area (Å²) in [4.78, 5) is 7.17. The maximum Gasteiger partial charge on any atom is 0.0929 e. The van der Waals surface area contributed by atoms with Gasteiger partial charge in [-0.25, -0.2) is 4.98 Å². The summed E-state index contributed by atoms with van der Waals surface area (Å²) in [7, 11) is 0. The zero-order chi connectivity index (χ0) is 9.80. The van der Waals surface area contributed by atoms with Gasteiger partial charge in [0.25, 0.3) is 0 Å². The highest BCUT2D eigenvalue weighted by Crippen LogP contribution is 2.19. The Bertz CT molecular complexity index is 451. The van der Waals surface area contributed by atoms with Gasteiger partial charge in [-0.3, -0.25) is 0 Å². The predicted molar refractivity (Wildman–Crippen MR) is 53.3 cm³/mol. The molecule has 14 heavy (non-hydrogen) atoms. The first-order valence-electron chi connectivity index (χ1n) is 4.36. The van der Waals surface area contributed by atoms with Crippen LogP contribution in [-0.4, -0.2) is 9.97 Å². The molecule has 2 rings (SSSR count). The second kappa shape index (κ2) is 3.75. The second-order valence-corrected chi connectivity index (χ2v) is 2.93. The molecule has 1 aromatic heterocycles. The third kappa shape index (κ3) is 1.50. The van der Waals surface area contributed by atoms with E-state index < -0.39 is 0 Å². The molecule has 1 N–H and O–H groups in total. The first-order valence-corrected chi connectivity index (χ1v) is 4.36. The molecule has 0 saturated heterocycles. The zero-order valence-electron chi connectivity index (χ0n) is 7.57. The first-order chi connectivity index (χ1) is 6.92. The molecule has 68 valence electrons.